The first-order valence-electron chi connectivity index (χ1n) is 5.32. The summed E-state index contributed by atoms with van der Waals surface area (Å²) in [6.07, 6.45) is 1.53. The highest BCUT2D eigenvalue weighted by molar-refractivity contribution is 7.09. The minimum Gasteiger partial charge on any atom is -0.295 e. The smallest absolute Gasteiger partial charge is 0.295 e. The number of hydrogen-bond acceptors (Lipinski definition) is 4. The molecule has 0 fully saturated rings. The van der Waals surface area contributed by atoms with E-state index < -0.39 is 28.9 Å². The Morgan fingerprint density at radius 2 is 1.95 bits per heavy atom. The third-order valence-corrected chi connectivity index (χ3v) is 3.56. The number of amides is 1. The van der Waals surface area contributed by atoms with Gasteiger partial charge in [-0.3, -0.25) is 14.5 Å². The zero-order valence-electron chi connectivity index (χ0n) is 9.39. The zero-order chi connectivity index (χ0) is 13.6. The highest BCUT2D eigenvalue weighted by atomic mass is 32.1. The molecule has 0 atom stereocenters. The normalized spacial score (nSPS) is 14.1. The van der Waals surface area contributed by atoms with E-state index in [0.717, 1.165) is 17.0 Å². The molecule has 96 valence electrons. The van der Waals surface area contributed by atoms with Gasteiger partial charge in [-0.15, -0.1) is 11.3 Å². The van der Waals surface area contributed by atoms with E-state index in [1.807, 2.05) is 0 Å². The minimum absolute atomic E-state index is 0.0460. The van der Waals surface area contributed by atoms with E-state index in [4.69, 9.17) is 0 Å². The molecule has 1 aromatic carbocycles. The van der Waals surface area contributed by atoms with Crippen molar-refractivity contribution in [2.45, 2.75) is 6.54 Å². The lowest BCUT2D eigenvalue weighted by Gasteiger charge is -2.15. The molecule has 0 bridgehead atoms. The molecule has 0 aliphatic carbocycles. The number of hydrogen-bond donors (Lipinski definition) is 0. The van der Waals surface area contributed by atoms with Crippen molar-refractivity contribution in [1.82, 2.24) is 4.98 Å². The van der Waals surface area contributed by atoms with Crippen LogP contribution >= 0.6 is 11.3 Å². The maximum Gasteiger partial charge on any atom is 0.300 e. The Bertz CT molecular complexity index is 685. The van der Waals surface area contributed by atoms with Crippen molar-refractivity contribution in [1.29, 1.82) is 0 Å². The van der Waals surface area contributed by atoms with Crippen LogP contribution < -0.4 is 4.90 Å². The SMILES string of the molecule is O=C1C(=O)N(Cc2nccs2)c2c(F)ccc(F)c21. The van der Waals surface area contributed by atoms with Gasteiger partial charge in [0.2, 0.25) is 0 Å². The van der Waals surface area contributed by atoms with E-state index >= 15 is 0 Å². The molecule has 0 N–H and O–H groups in total. The Morgan fingerprint density at radius 3 is 2.63 bits per heavy atom. The molecule has 3 rings (SSSR count). The fraction of sp³-hybridized carbons (Fsp3) is 0.0833. The maximum atomic E-state index is 13.8. The number of Topliss-reactive ketones (excluding diaryl/α,β-unsaturated/α-hetero) is 1. The largest absolute Gasteiger partial charge is 0.300 e. The van der Waals surface area contributed by atoms with E-state index in [9.17, 15) is 18.4 Å². The van der Waals surface area contributed by atoms with Crippen molar-refractivity contribution in [2.75, 3.05) is 4.90 Å². The summed E-state index contributed by atoms with van der Waals surface area (Å²) in [5, 5.41) is 2.23. The Hall–Kier alpha value is -2.15. The fourth-order valence-corrected chi connectivity index (χ4v) is 2.57. The number of nitrogens with zero attached hydrogens (tertiary/aromatic N) is 2. The van der Waals surface area contributed by atoms with Crippen LogP contribution in [0.5, 0.6) is 0 Å². The van der Waals surface area contributed by atoms with Gasteiger partial charge >= 0.3 is 0 Å². The number of aromatic nitrogens is 1. The highest BCUT2D eigenvalue weighted by Crippen LogP contribution is 2.34. The average molecular weight is 280 g/mol. The molecule has 1 aromatic heterocycles. The first kappa shape index (κ1) is 11.9. The standard InChI is InChI=1S/C12H6F2N2O2S/c13-6-1-2-7(14)10-9(6)11(17)12(18)16(10)5-8-15-3-4-19-8/h1-4H,5H2. The highest BCUT2D eigenvalue weighted by Gasteiger charge is 2.40. The van der Waals surface area contributed by atoms with Crippen LogP contribution in [0.2, 0.25) is 0 Å². The van der Waals surface area contributed by atoms with Crippen LogP contribution in [0.25, 0.3) is 0 Å². The third kappa shape index (κ3) is 1.74. The van der Waals surface area contributed by atoms with Gasteiger partial charge in [0, 0.05) is 11.6 Å². The topological polar surface area (TPSA) is 50.3 Å². The summed E-state index contributed by atoms with van der Waals surface area (Å²) in [6.45, 7) is -0.0460. The molecule has 0 unspecified atom stereocenters. The second-order valence-electron chi connectivity index (χ2n) is 3.90. The molecule has 1 aliphatic heterocycles. The Morgan fingerprint density at radius 1 is 1.21 bits per heavy atom. The predicted molar refractivity (Wildman–Crippen MR) is 64.0 cm³/mol. The number of rotatable bonds is 2. The molecule has 1 amide bonds. The number of halogens is 2. The molecule has 0 radical (unpaired) electrons. The molecule has 1 aliphatic rings. The van der Waals surface area contributed by atoms with Crippen molar-refractivity contribution in [3.63, 3.8) is 0 Å². The van der Waals surface area contributed by atoms with Gasteiger partial charge in [-0.2, -0.15) is 0 Å². The monoisotopic (exact) mass is 280 g/mol. The molecule has 19 heavy (non-hydrogen) atoms. The number of anilines is 1. The summed E-state index contributed by atoms with van der Waals surface area (Å²) >= 11 is 1.27. The lowest BCUT2D eigenvalue weighted by Crippen LogP contribution is -2.29. The van der Waals surface area contributed by atoms with Crippen LogP contribution in [0.3, 0.4) is 0 Å². The predicted octanol–water partition coefficient (Wildman–Crippen LogP) is 2.15. The maximum absolute atomic E-state index is 13.8. The zero-order valence-corrected chi connectivity index (χ0v) is 10.2. The fourth-order valence-electron chi connectivity index (χ4n) is 1.97. The number of carbonyl (C=O) groups excluding carboxylic acids is 2. The van der Waals surface area contributed by atoms with Crippen molar-refractivity contribution in [3.05, 3.63) is 45.9 Å². The third-order valence-electron chi connectivity index (χ3n) is 2.79. The lowest BCUT2D eigenvalue weighted by molar-refractivity contribution is -0.114. The average Bonchev–Trinajstić information content (AvgIpc) is 2.97. The molecule has 0 saturated carbocycles. The van der Waals surface area contributed by atoms with Crippen LogP contribution in [0.4, 0.5) is 14.5 Å². The molecule has 7 heteroatoms. The number of ketones is 1. The van der Waals surface area contributed by atoms with Crippen LogP contribution in [-0.2, 0) is 11.3 Å². The Labute approximate surface area is 110 Å². The van der Waals surface area contributed by atoms with Crippen molar-refractivity contribution in [2.24, 2.45) is 0 Å². The summed E-state index contributed by atoms with van der Waals surface area (Å²) in [6, 6.07) is 1.74. The second-order valence-corrected chi connectivity index (χ2v) is 4.88. The van der Waals surface area contributed by atoms with Crippen molar-refractivity contribution in [3.8, 4) is 0 Å². The summed E-state index contributed by atoms with van der Waals surface area (Å²) in [5.41, 5.74) is -0.799. The minimum atomic E-state index is -1.02. The first-order valence-corrected chi connectivity index (χ1v) is 6.20. The second kappa shape index (κ2) is 4.20. The van der Waals surface area contributed by atoms with E-state index in [1.54, 1.807) is 5.38 Å². The molecule has 0 saturated heterocycles. The summed E-state index contributed by atoms with van der Waals surface area (Å²) in [4.78, 5) is 28.4. The number of carbonyl (C=O) groups is 2. The van der Waals surface area contributed by atoms with Gasteiger partial charge in [-0.25, -0.2) is 13.8 Å². The van der Waals surface area contributed by atoms with Crippen molar-refractivity contribution >= 4 is 28.7 Å². The van der Waals surface area contributed by atoms with Gasteiger partial charge in [0.25, 0.3) is 11.7 Å². The van der Waals surface area contributed by atoms with Gasteiger partial charge in [0.15, 0.2) is 0 Å². The Kier molecular flexibility index (Phi) is 2.63. The molecular weight excluding hydrogens is 274 g/mol. The number of thiazole rings is 1. The van der Waals surface area contributed by atoms with Crippen LogP contribution in [0.15, 0.2) is 23.7 Å². The van der Waals surface area contributed by atoms with E-state index in [0.29, 0.717) is 5.01 Å². The van der Waals surface area contributed by atoms with Crippen molar-refractivity contribution < 1.29 is 18.4 Å². The van der Waals surface area contributed by atoms with Crippen LogP contribution in [0.1, 0.15) is 15.4 Å². The summed E-state index contributed by atoms with van der Waals surface area (Å²) in [5.74, 6) is -3.65. The molecule has 2 aromatic rings. The molecule has 0 spiro atoms. The van der Waals surface area contributed by atoms with Gasteiger partial charge in [0.1, 0.15) is 16.6 Å². The molecule has 4 nitrogen and oxygen atoms in total. The van der Waals surface area contributed by atoms with Gasteiger partial charge in [0.05, 0.1) is 17.8 Å². The number of fused-ring (bicyclic) bond motifs is 1. The van der Waals surface area contributed by atoms with Crippen LogP contribution in [-0.4, -0.2) is 16.7 Å². The van der Waals surface area contributed by atoms with Crippen LogP contribution in [0, 0.1) is 11.6 Å². The van der Waals surface area contributed by atoms with E-state index in [-0.39, 0.29) is 12.2 Å². The van der Waals surface area contributed by atoms with E-state index in [1.165, 1.54) is 17.5 Å². The molecule has 2 heterocycles. The Balaban J connectivity index is 2.12. The van der Waals surface area contributed by atoms with E-state index in [2.05, 4.69) is 4.98 Å². The quantitative estimate of drug-likeness (QED) is 0.792. The van der Waals surface area contributed by atoms with Gasteiger partial charge in [-0.05, 0) is 12.1 Å². The first-order chi connectivity index (χ1) is 9.09. The van der Waals surface area contributed by atoms with Gasteiger partial charge in [-0.1, -0.05) is 0 Å². The molecular formula is C12H6F2N2O2S. The summed E-state index contributed by atoms with van der Waals surface area (Å²) in [7, 11) is 0. The van der Waals surface area contributed by atoms with Gasteiger partial charge < -0.3 is 0 Å². The summed E-state index contributed by atoms with van der Waals surface area (Å²) < 4.78 is 27.3. The lowest BCUT2D eigenvalue weighted by atomic mass is 10.1. The number of benzene rings is 1.